The van der Waals surface area contributed by atoms with E-state index in [1.165, 1.54) is 221 Å². The molecule has 8 unspecified atom stereocenters. The Labute approximate surface area is 871 Å². The third kappa shape index (κ3) is 17.5. The average molecular weight is 1920 g/mol. The van der Waals surface area contributed by atoms with E-state index in [-0.39, 0.29) is 63.3 Å². The molecule has 2 fully saturated rings. The molecule has 0 radical (unpaired) electrons. The van der Waals surface area contributed by atoms with Crippen LogP contribution in [0.4, 0.5) is 28.4 Å². The highest BCUT2D eigenvalue weighted by molar-refractivity contribution is 5.72. The highest BCUT2D eigenvalue weighted by Crippen LogP contribution is 2.64. The summed E-state index contributed by atoms with van der Waals surface area (Å²) < 4.78 is 9.37. The predicted molar refractivity (Wildman–Crippen MR) is 611 cm³/mol. The Balaban J connectivity index is 0.000000115. The van der Waals surface area contributed by atoms with Gasteiger partial charge in [0.15, 0.2) is 0 Å². The lowest BCUT2D eigenvalue weighted by Crippen LogP contribution is -2.47. The number of rotatable bonds is 13. The van der Waals surface area contributed by atoms with E-state index in [9.17, 15) is 1.37 Å². The van der Waals surface area contributed by atoms with Gasteiger partial charge in [-0.05, 0) is 263 Å². The lowest BCUT2D eigenvalue weighted by Gasteiger charge is -2.42. The third-order valence-electron chi connectivity index (χ3n) is 34.3. The van der Waals surface area contributed by atoms with Crippen molar-refractivity contribution in [2.24, 2.45) is 38.9 Å². The number of benzene rings is 11. The van der Waals surface area contributed by atoms with Crippen molar-refractivity contribution < 1.29 is 1.37 Å². The Kier molecular flexibility index (Phi) is 27.1. The molecule has 23 rings (SSSR count). The summed E-state index contributed by atoms with van der Waals surface area (Å²) in [4.78, 5) is 25.3. The number of aryl methyl sites for hydroxylation is 11. The minimum atomic E-state index is -0.855. The zero-order valence-corrected chi connectivity index (χ0v) is 91.6. The first-order chi connectivity index (χ1) is 69.8. The molecule has 0 bridgehead atoms. The maximum atomic E-state index is 9.37. The fraction of sp³-hybridized carbons (Fsp3) is 0.363. The van der Waals surface area contributed by atoms with Crippen LogP contribution in [0.2, 0.25) is 0 Å². The van der Waals surface area contributed by atoms with E-state index in [0.717, 1.165) is 28.8 Å². The summed E-state index contributed by atoms with van der Waals surface area (Å²) in [6, 6.07) is 95.9. The van der Waals surface area contributed by atoms with Crippen molar-refractivity contribution in [2.75, 3.05) is 24.5 Å². The molecule has 2 aliphatic carbocycles. The van der Waals surface area contributed by atoms with Gasteiger partial charge in [-0.25, -0.2) is 0 Å². The summed E-state index contributed by atoms with van der Waals surface area (Å²) in [5.41, 5.74) is 42.7. The summed E-state index contributed by atoms with van der Waals surface area (Å²) in [6.07, 6.45) is 36.5. The zero-order valence-electron chi connectivity index (χ0n) is 92.6. The summed E-state index contributed by atoms with van der Waals surface area (Å²) in [5.74, 6) is 0.633. The van der Waals surface area contributed by atoms with E-state index >= 15 is 0 Å². The van der Waals surface area contributed by atoms with Crippen molar-refractivity contribution in [2.45, 2.75) is 280 Å². The van der Waals surface area contributed by atoms with Crippen LogP contribution >= 0.6 is 0 Å². The molecule has 12 aliphatic rings. The van der Waals surface area contributed by atoms with Crippen LogP contribution in [-0.4, -0.2) is 36.8 Å². The monoisotopic (exact) mass is 1920 g/mol. The van der Waals surface area contributed by atoms with Gasteiger partial charge < -0.3 is 49.0 Å². The molecular weight excluding hydrogens is 1760 g/mol. The van der Waals surface area contributed by atoms with Crippen molar-refractivity contribution in [1.29, 1.82) is 0 Å². The van der Waals surface area contributed by atoms with Crippen molar-refractivity contribution in [3.63, 3.8) is 0 Å². The molecule has 0 amide bonds. The van der Waals surface area contributed by atoms with Crippen molar-refractivity contribution in [3.05, 3.63) is 480 Å². The second kappa shape index (κ2) is 39.6. The van der Waals surface area contributed by atoms with Gasteiger partial charge in [-0.15, -0.1) is 0 Å². The largest absolute Gasteiger partial charge is 0.328 e. The fourth-order valence-corrected chi connectivity index (χ4v) is 27.5. The highest BCUT2D eigenvalue weighted by atomic mass is 15.5. The first kappa shape index (κ1) is 99.2. The topological polar surface area (TPSA) is 32.4 Å². The lowest BCUT2D eigenvalue weighted by molar-refractivity contribution is 0.197. The average Bonchev–Trinajstić information content (AvgIpc) is 1.54. The normalized spacial score (nSPS) is 23.7. The molecule has 10 heteroatoms. The van der Waals surface area contributed by atoms with Crippen LogP contribution in [0.3, 0.4) is 0 Å². The van der Waals surface area contributed by atoms with Gasteiger partial charge in [-0.1, -0.05) is 362 Å². The standard InChI is InChI=1S/C30H32N2.C29H36N2.C28H34N2.2C24H28N2/c1-22-14-12-13-19-26(22)32-23(2)27-30(24-15-8-6-9-16-24,25-17-10-7-11-18-25)20-21-31(27)28(32)29(3,4)5;1-20-12-9-10-17-25(20)31-23(4)27-29(5,24-15-7-6-8-16-24)18-19-30(27)28(31)26-21(2)13-11-14-22(26)3;1-19-11-6-9-16-24(19)30-22(4)26-28(5,23-14-7-8-15-23)17-18-29(26)27(30)25-20(2)12-10-13-21(25)3;1-16-10-7-8-13-20(16)26-19(4)22-24(5,6)14-15-25(22)23(26)21-17(2)11-9-12-18(21)3;1-17-11-9-10-14-21(17)26-18(2)22-20(19-12-7-6-8-13-19)15-16-25(22)23(26)24(3,4)5/h6-21,28H,1-5H3;9-14,17-19,24,28H,6-8,15-16H2,1-5H3;6,9-13,16-18,23,27H,7-8,14-15H2,1-5H3;7-15,23H,1-6H3;6-16,20,23H,1-5H3/i;;;;20D. The SMILES string of the molecule is CC1=C2N(C=CC2(C)C)C(c2c(C)cccc2C)N1c1ccccc1C.CC1=C2N(C=CC2(C)C2CCCC2)C(c2c(C)cccc2C)N1c1ccccc1C.CC1=C2N(C=CC2(C)C2CCCCC2)C(c2c(C)cccc2C)N1c1ccccc1C.CC1=C2N(C=CC2(c2ccccc2)c2ccccc2)C(C(C)(C)C)N1c1ccccc1C.[2H]C1(c2ccccc2)C=CN2C1=C(C)N(c1ccccc1C)C2C(C)(C)C. The molecule has 145 heavy (non-hydrogen) atoms. The van der Waals surface area contributed by atoms with Crippen LogP contribution in [0.1, 0.15) is 282 Å². The van der Waals surface area contributed by atoms with Crippen LogP contribution in [0, 0.1) is 115 Å². The summed E-state index contributed by atoms with van der Waals surface area (Å²) in [5, 5.41) is 0. The minimum absolute atomic E-state index is 0.0115. The number of anilines is 5. The number of para-hydroxylation sites is 5. The third-order valence-corrected chi connectivity index (χ3v) is 34.3. The van der Waals surface area contributed by atoms with E-state index in [2.05, 4.69) is 533 Å². The highest BCUT2D eigenvalue weighted by Gasteiger charge is 2.58. The van der Waals surface area contributed by atoms with E-state index in [1.54, 1.807) is 0 Å². The molecule has 10 heterocycles. The van der Waals surface area contributed by atoms with Crippen LogP contribution in [-0.2, 0) is 5.41 Å². The van der Waals surface area contributed by atoms with Gasteiger partial charge in [0.25, 0.3) is 0 Å². The zero-order chi connectivity index (χ0) is 103. The maximum absolute atomic E-state index is 9.37. The van der Waals surface area contributed by atoms with Gasteiger partial charge >= 0.3 is 0 Å². The smallest absolute Gasteiger partial charge is 0.136 e. The van der Waals surface area contributed by atoms with E-state index in [1.807, 2.05) is 24.3 Å². The number of nitrogens with zero attached hydrogens (tertiary/aromatic N) is 10. The Morgan fingerprint density at radius 2 is 0.545 bits per heavy atom. The molecule has 11 aromatic carbocycles. The Morgan fingerprint density at radius 1 is 0.262 bits per heavy atom. The molecule has 0 N–H and O–H groups in total. The number of hydrogen-bond acceptors (Lipinski definition) is 10. The molecule has 0 spiro atoms. The van der Waals surface area contributed by atoms with Crippen LogP contribution in [0.25, 0.3) is 0 Å². The molecule has 8 atom stereocenters. The van der Waals surface area contributed by atoms with Gasteiger partial charge in [0, 0.05) is 156 Å². The molecule has 2 saturated carbocycles. The van der Waals surface area contributed by atoms with E-state index in [0.29, 0.717) is 0 Å². The van der Waals surface area contributed by atoms with Crippen LogP contribution < -0.4 is 24.5 Å². The summed E-state index contributed by atoms with van der Waals surface area (Å²) >= 11 is 0. The molecule has 10 nitrogen and oxygen atoms in total. The molecule has 10 aliphatic heterocycles. The lowest BCUT2D eigenvalue weighted by atomic mass is 9.68. The van der Waals surface area contributed by atoms with Gasteiger partial charge in [0.2, 0.25) is 0 Å². The number of fused-ring (bicyclic) bond motifs is 5. The second-order valence-electron chi connectivity index (χ2n) is 46.5. The number of hydrogen-bond donors (Lipinski definition) is 0. The number of allylic oxidation sites excluding steroid dienone is 10. The van der Waals surface area contributed by atoms with Crippen molar-refractivity contribution >= 4 is 28.4 Å². The second-order valence-corrected chi connectivity index (χ2v) is 46.5. The van der Waals surface area contributed by atoms with Crippen LogP contribution in [0.5, 0.6) is 0 Å². The Bertz CT molecular complexity index is 6990. The Morgan fingerprint density at radius 3 is 0.903 bits per heavy atom. The quantitative estimate of drug-likeness (QED) is 0.111. The van der Waals surface area contributed by atoms with E-state index in [4.69, 9.17) is 0 Å². The van der Waals surface area contributed by atoms with Gasteiger partial charge in [0.05, 0.1) is 16.8 Å². The summed E-state index contributed by atoms with van der Waals surface area (Å²) in [6.45, 7) is 59.5. The van der Waals surface area contributed by atoms with Crippen molar-refractivity contribution in [1.82, 2.24) is 24.5 Å². The van der Waals surface area contributed by atoms with Crippen LogP contribution in [0.15, 0.2) is 385 Å². The first-order valence-electron chi connectivity index (χ1n) is 54.3. The van der Waals surface area contributed by atoms with Crippen molar-refractivity contribution in [3.8, 4) is 0 Å². The Hall–Kier alpha value is -13.2. The molecular formula is C135H158N10. The van der Waals surface area contributed by atoms with Gasteiger partial charge in [0.1, 0.15) is 30.8 Å². The fourth-order valence-electron chi connectivity index (χ4n) is 27.5. The first-order valence-corrected chi connectivity index (χ1v) is 53.8. The maximum Gasteiger partial charge on any atom is 0.136 e. The van der Waals surface area contributed by atoms with E-state index < -0.39 is 5.89 Å². The molecule has 11 aromatic rings. The van der Waals surface area contributed by atoms with Gasteiger partial charge in [-0.3, -0.25) is 0 Å². The molecule has 748 valence electrons. The van der Waals surface area contributed by atoms with Gasteiger partial charge in [-0.2, -0.15) is 0 Å². The molecule has 0 aromatic heterocycles. The summed E-state index contributed by atoms with van der Waals surface area (Å²) in [7, 11) is 0. The predicted octanol–water partition coefficient (Wildman–Crippen LogP) is 34.6. The molecule has 0 saturated heterocycles. The minimum Gasteiger partial charge on any atom is -0.328 e.